The van der Waals surface area contributed by atoms with Crippen LogP contribution in [0.15, 0.2) is 0 Å². The Morgan fingerprint density at radius 2 is 0.571 bits per heavy atom. The van der Waals surface area contributed by atoms with E-state index in [9.17, 15) is 43.2 Å². The van der Waals surface area contributed by atoms with Crippen molar-refractivity contribution in [3.8, 4) is 0 Å². The topological polar surface area (TPSA) is 237 Å². The first-order valence-electron chi connectivity index (χ1n) is 33.8. The van der Waals surface area contributed by atoms with E-state index in [0.29, 0.717) is 31.6 Å². The Balaban J connectivity index is 5.24. The number of carbonyl (C=O) groups excluding carboxylic acids is 4. The lowest BCUT2D eigenvalue weighted by molar-refractivity contribution is -0.161. The molecular formula is C65H126O17P2. The summed E-state index contributed by atoms with van der Waals surface area (Å²) in [4.78, 5) is 72.2. The Kier molecular flexibility index (Phi) is 53.9. The van der Waals surface area contributed by atoms with Crippen molar-refractivity contribution in [1.29, 1.82) is 0 Å². The summed E-state index contributed by atoms with van der Waals surface area (Å²) in [6.07, 6.45) is 35.0. The van der Waals surface area contributed by atoms with Gasteiger partial charge in [0.25, 0.3) is 0 Å². The highest BCUT2D eigenvalue weighted by Gasteiger charge is 2.30. The van der Waals surface area contributed by atoms with Crippen LogP contribution in [0.25, 0.3) is 0 Å². The fourth-order valence-corrected chi connectivity index (χ4v) is 11.1. The van der Waals surface area contributed by atoms with E-state index in [-0.39, 0.29) is 25.7 Å². The molecule has 0 aromatic rings. The molecule has 0 amide bonds. The van der Waals surface area contributed by atoms with E-state index in [1.165, 1.54) is 103 Å². The van der Waals surface area contributed by atoms with Crippen molar-refractivity contribution in [3.63, 3.8) is 0 Å². The summed E-state index contributed by atoms with van der Waals surface area (Å²) in [6, 6.07) is 0. The summed E-state index contributed by atoms with van der Waals surface area (Å²) in [6.45, 7) is 13.9. The molecule has 0 aliphatic carbocycles. The fraction of sp³-hybridized carbons (Fsp3) is 0.938. The minimum absolute atomic E-state index is 0.101. The zero-order valence-corrected chi connectivity index (χ0v) is 56.3. The highest BCUT2D eigenvalue weighted by atomic mass is 31.2. The van der Waals surface area contributed by atoms with E-state index in [4.69, 9.17) is 37.0 Å². The molecule has 0 aromatic heterocycles. The van der Waals surface area contributed by atoms with Crippen LogP contribution in [0.5, 0.6) is 0 Å². The molecule has 0 aliphatic rings. The minimum atomic E-state index is -4.95. The lowest BCUT2D eigenvalue weighted by Crippen LogP contribution is -2.30. The first-order valence-corrected chi connectivity index (χ1v) is 36.8. The number of rotatable bonds is 62. The molecule has 0 aliphatic heterocycles. The number of phosphoric acid groups is 2. The van der Waals surface area contributed by atoms with E-state index in [1.54, 1.807) is 0 Å². The second-order valence-electron chi connectivity index (χ2n) is 24.9. The van der Waals surface area contributed by atoms with Crippen molar-refractivity contribution in [2.24, 2.45) is 23.7 Å². The Bertz CT molecular complexity index is 1680. The van der Waals surface area contributed by atoms with Crippen LogP contribution in [0.1, 0.15) is 312 Å². The number of hydrogen-bond acceptors (Lipinski definition) is 15. The molecule has 0 rings (SSSR count). The summed E-state index contributed by atoms with van der Waals surface area (Å²) in [5.74, 6) is 0.765. The molecule has 17 nitrogen and oxygen atoms in total. The van der Waals surface area contributed by atoms with Crippen molar-refractivity contribution in [2.45, 2.75) is 331 Å². The first-order chi connectivity index (χ1) is 40.2. The van der Waals surface area contributed by atoms with Crippen LogP contribution in [0.3, 0.4) is 0 Å². The third-order valence-corrected chi connectivity index (χ3v) is 17.4. The maximum Gasteiger partial charge on any atom is 0.472 e. The molecule has 0 bridgehead atoms. The van der Waals surface area contributed by atoms with Gasteiger partial charge in [-0.3, -0.25) is 37.3 Å². The lowest BCUT2D eigenvalue weighted by atomic mass is 10.00. The fourth-order valence-electron chi connectivity index (χ4n) is 9.54. The molecule has 4 unspecified atom stereocenters. The largest absolute Gasteiger partial charge is 0.472 e. The van der Waals surface area contributed by atoms with Gasteiger partial charge in [-0.1, -0.05) is 261 Å². The second-order valence-corrected chi connectivity index (χ2v) is 27.8. The number of phosphoric ester groups is 2. The van der Waals surface area contributed by atoms with E-state index in [2.05, 4.69) is 55.4 Å². The lowest BCUT2D eigenvalue weighted by Gasteiger charge is -2.21. The predicted molar refractivity (Wildman–Crippen MR) is 335 cm³/mol. The third-order valence-electron chi connectivity index (χ3n) is 15.5. The Hall–Kier alpha value is -1.94. The van der Waals surface area contributed by atoms with Crippen molar-refractivity contribution in [3.05, 3.63) is 0 Å². The Morgan fingerprint density at radius 1 is 0.333 bits per heavy atom. The van der Waals surface area contributed by atoms with E-state index in [0.717, 1.165) is 120 Å². The van der Waals surface area contributed by atoms with Crippen molar-refractivity contribution >= 4 is 39.5 Å². The van der Waals surface area contributed by atoms with Gasteiger partial charge in [-0.2, -0.15) is 0 Å². The van der Waals surface area contributed by atoms with Crippen molar-refractivity contribution < 1.29 is 80.2 Å². The minimum Gasteiger partial charge on any atom is -0.462 e. The highest BCUT2D eigenvalue weighted by molar-refractivity contribution is 7.47. The van der Waals surface area contributed by atoms with Gasteiger partial charge in [0.2, 0.25) is 0 Å². The number of unbranched alkanes of at least 4 members (excludes halogenated alkanes) is 26. The van der Waals surface area contributed by atoms with Crippen molar-refractivity contribution in [1.82, 2.24) is 0 Å². The van der Waals surface area contributed by atoms with Crippen LogP contribution in [-0.2, 0) is 65.4 Å². The number of aliphatic hydroxyl groups is 1. The summed E-state index contributed by atoms with van der Waals surface area (Å²) in [7, 11) is -9.89. The van der Waals surface area contributed by atoms with E-state index >= 15 is 0 Å². The van der Waals surface area contributed by atoms with Crippen LogP contribution in [0, 0.1) is 23.7 Å². The maximum absolute atomic E-state index is 13.0. The average molecular weight is 1240 g/mol. The molecule has 0 spiro atoms. The van der Waals surface area contributed by atoms with E-state index in [1.807, 2.05) is 0 Å². The maximum atomic E-state index is 13.0. The quantitative estimate of drug-likeness (QED) is 0.0222. The van der Waals surface area contributed by atoms with Gasteiger partial charge in [0, 0.05) is 25.7 Å². The Labute approximate surface area is 511 Å². The molecule has 0 aromatic carbocycles. The van der Waals surface area contributed by atoms with Crippen LogP contribution in [-0.4, -0.2) is 96.7 Å². The molecule has 0 radical (unpaired) electrons. The normalized spacial score (nSPS) is 15.1. The summed E-state index contributed by atoms with van der Waals surface area (Å²) < 4.78 is 68.0. The SMILES string of the molecule is CCC(C)CCCCCCCCC(=O)OC[C@H](COP(=O)(O)OC[C@@H](O)COP(=O)(O)OC[C@@H](COC(=O)CCCCCCCCC(C)C)OC(=O)CCCCCCCCCCCCCCC(C)C)OC(=O)CCCCCCCCC(C)CC. The van der Waals surface area contributed by atoms with Gasteiger partial charge in [0.05, 0.1) is 26.4 Å². The number of aliphatic hydroxyl groups excluding tert-OH is 1. The highest BCUT2D eigenvalue weighted by Crippen LogP contribution is 2.45. The van der Waals surface area contributed by atoms with Crippen LogP contribution in [0.2, 0.25) is 0 Å². The molecule has 0 heterocycles. The molecule has 0 fully saturated rings. The standard InChI is InChI=1S/C65H126O17P2/c1-9-57(7)43-35-27-20-23-30-38-46-63(68)76-52-61(82-65(70)48-40-32-24-21-28-36-44-58(8)10-2)54-80-84(73,74)78-50-59(66)49-77-83(71,72)79-53-60(51-75-62(67)45-37-29-22-19-26-34-42-56(5)6)81-64(69)47-39-31-18-16-14-12-11-13-15-17-25-33-41-55(3)4/h55-61,66H,9-54H2,1-8H3,(H,71,72)(H,73,74)/t57?,58?,59-,60+,61+/m0/s1. The van der Waals surface area contributed by atoms with Crippen LogP contribution >= 0.6 is 15.6 Å². The predicted octanol–water partition coefficient (Wildman–Crippen LogP) is 17.8. The van der Waals surface area contributed by atoms with E-state index < -0.39 is 97.5 Å². The molecule has 0 saturated carbocycles. The van der Waals surface area contributed by atoms with Gasteiger partial charge in [-0.05, 0) is 49.4 Å². The average Bonchev–Trinajstić information content (AvgIpc) is 3.47. The zero-order valence-electron chi connectivity index (χ0n) is 54.5. The molecular weight excluding hydrogens is 1110 g/mol. The van der Waals surface area contributed by atoms with Gasteiger partial charge >= 0.3 is 39.5 Å². The molecule has 0 saturated heterocycles. The van der Waals surface area contributed by atoms with Crippen molar-refractivity contribution in [2.75, 3.05) is 39.6 Å². The van der Waals surface area contributed by atoms with Crippen LogP contribution < -0.4 is 0 Å². The molecule has 84 heavy (non-hydrogen) atoms. The number of hydrogen-bond donors (Lipinski definition) is 3. The number of ether oxygens (including phenoxy) is 4. The van der Waals surface area contributed by atoms with Gasteiger partial charge in [0.1, 0.15) is 19.3 Å². The second kappa shape index (κ2) is 55.2. The molecule has 19 heteroatoms. The Morgan fingerprint density at radius 3 is 0.845 bits per heavy atom. The number of carbonyl (C=O) groups is 4. The van der Waals surface area contributed by atoms with Gasteiger partial charge < -0.3 is 33.8 Å². The smallest absolute Gasteiger partial charge is 0.462 e. The molecule has 7 atom stereocenters. The summed E-state index contributed by atoms with van der Waals surface area (Å²) in [5, 5.41) is 10.5. The zero-order chi connectivity index (χ0) is 62.5. The monoisotopic (exact) mass is 1240 g/mol. The van der Waals surface area contributed by atoms with Gasteiger partial charge in [0.15, 0.2) is 12.2 Å². The molecule has 3 N–H and O–H groups in total. The first kappa shape index (κ1) is 82.1. The molecule has 498 valence electrons. The van der Waals surface area contributed by atoms with Gasteiger partial charge in [-0.25, -0.2) is 9.13 Å². The third kappa shape index (κ3) is 56.6. The summed E-state index contributed by atoms with van der Waals surface area (Å²) in [5.41, 5.74) is 0. The summed E-state index contributed by atoms with van der Waals surface area (Å²) >= 11 is 0. The number of esters is 4. The van der Waals surface area contributed by atoms with Crippen LogP contribution in [0.4, 0.5) is 0 Å². The van der Waals surface area contributed by atoms with Gasteiger partial charge in [-0.15, -0.1) is 0 Å².